The third-order valence-electron chi connectivity index (χ3n) is 8.52. The Bertz CT molecular complexity index is 1800. The summed E-state index contributed by atoms with van der Waals surface area (Å²) < 4.78 is 18.2. The smallest absolute Gasteiger partial charge is 0.467 e. The third kappa shape index (κ3) is 8.79. The quantitative estimate of drug-likeness (QED) is 0.107. The molecule has 5 rings (SSSR count). The first-order valence-electron chi connectivity index (χ1n) is 17.3. The summed E-state index contributed by atoms with van der Waals surface area (Å²) in [6.07, 6.45) is 3.89. The molecule has 1 atom stereocenters. The minimum Gasteiger partial charge on any atom is -0.467 e. The molecule has 0 saturated carbocycles. The SMILES string of the molecule is CCCCc1nc2ccc(N(CCCC)C(=O)N3CSCC3C(=O)OC)cc2n1Cc1ccc(-c2ccccc2OC(=O)OC(C)(C)C)cc1. The highest BCUT2D eigenvalue weighted by molar-refractivity contribution is 7.99. The lowest BCUT2D eigenvalue weighted by Crippen LogP contribution is -2.49. The predicted molar refractivity (Wildman–Crippen MR) is 199 cm³/mol. The lowest BCUT2D eigenvalue weighted by atomic mass is 10.0. The molecule has 0 N–H and O–H groups in total. The molecule has 1 aromatic heterocycles. The fourth-order valence-corrected chi connectivity index (χ4v) is 7.06. The van der Waals surface area contributed by atoms with Crippen LogP contribution in [0.15, 0.2) is 66.7 Å². The number of aromatic nitrogens is 2. The van der Waals surface area contributed by atoms with Crippen molar-refractivity contribution in [1.82, 2.24) is 14.5 Å². The van der Waals surface area contributed by atoms with Crippen molar-refractivity contribution in [2.45, 2.75) is 84.9 Å². The number of methoxy groups -OCH3 is 1. The number of unbranched alkanes of at least 4 members (excludes halogenated alkanes) is 2. The zero-order chi connectivity index (χ0) is 35.8. The van der Waals surface area contributed by atoms with Crippen LogP contribution in [0.3, 0.4) is 0 Å². The fourth-order valence-electron chi connectivity index (χ4n) is 5.93. The van der Waals surface area contributed by atoms with Crippen LogP contribution in [-0.4, -0.2) is 69.5 Å². The highest BCUT2D eigenvalue weighted by Crippen LogP contribution is 2.32. The van der Waals surface area contributed by atoms with E-state index < -0.39 is 23.8 Å². The number of carbonyl (C=O) groups excluding carboxylic acids is 3. The van der Waals surface area contributed by atoms with E-state index in [1.54, 1.807) is 48.4 Å². The monoisotopic (exact) mass is 700 g/mol. The predicted octanol–water partition coefficient (Wildman–Crippen LogP) is 8.68. The van der Waals surface area contributed by atoms with Gasteiger partial charge in [0.25, 0.3) is 0 Å². The van der Waals surface area contributed by atoms with Gasteiger partial charge in [0.2, 0.25) is 0 Å². The first-order chi connectivity index (χ1) is 24.0. The molecule has 1 unspecified atom stereocenters. The van der Waals surface area contributed by atoms with Crippen LogP contribution in [0.1, 0.15) is 71.7 Å². The molecule has 10 nitrogen and oxygen atoms in total. The lowest BCUT2D eigenvalue weighted by molar-refractivity contribution is -0.144. The maximum Gasteiger partial charge on any atom is 0.514 e. The van der Waals surface area contributed by atoms with E-state index >= 15 is 0 Å². The molecule has 1 fully saturated rings. The number of aryl methyl sites for hydroxylation is 1. The highest BCUT2D eigenvalue weighted by atomic mass is 32.2. The molecule has 3 aromatic carbocycles. The number of esters is 1. The number of benzene rings is 3. The molecule has 2 amide bonds. The minimum atomic E-state index is -0.745. The van der Waals surface area contributed by atoms with Gasteiger partial charge in [-0.2, -0.15) is 0 Å². The Balaban J connectivity index is 1.45. The van der Waals surface area contributed by atoms with E-state index in [9.17, 15) is 14.4 Å². The van der Waals surface area contributed by atoms with E-state index in [1.807, 2.05) is 42.5 Å². The van der Waals surface area contributed by atoms with E-state index in [-0.39, 0.29) is 6.03 Å². The van der Waals surface area contributed by atoms with Gasteiger partial charge < -0.3 is 23.7 Å². The van der Waals surface area contributed by atoms with Gasteiger partial charge in [0.1, 0.15) is 23.2 Å². The molecule has 4 aromatic rings. The number of nitrogens with zero attached hydrogens (tertiary/aromatic N) is 4. The number of hydrogen-bond donors (Lipinski definition) is 0. The Kier molecular flexibility index (Phi) is 12.1. The number of rotatable bonds is 12. The molecule has 0 bridgehead atoms. The van der Waals surface area contributed by atoms with Gasteiger partial charge >= 0.3 is 18.2 Å². The second-order valence-electron chi connectivity index (χ2n) is 13.4. The second-order valence-corrected chi connectivity index (χ2v) is 14.4. The van der Waals surface area contributed by atoms with Crippen molar-refractivity contribution >= 4 is 46.6 Å². The molecule has 266 valence electrons. The van der Waals surface area contributed by atoms with Gasteiger partial charge in [-0.3, -0.25) is 4.90 Å². The largest absolute Gasteiger partial charge is 0.514 e. The average Bonchev–Trinajstić information content (AvgIpc) is 3.72. The van der Waals surface area contributed by atoms with Gasteiger partial charge in [-0.05, 0) is 69.0 Å². The highest BCUT2D eigenvalue weighted by Gasteiger charge is 2.38. The second kappa shape index (κ2) is 16.5. The van der Waals surface area contributed by atoms with E-state index in [1.165, 1.54) is 7.11 Å². The van der Waals surface area contributed by atoms with Crippen LogP contribution in [0.2, 0.25) is 0 Å². The topological polar surface area (TPSA) is 103 Å². The van der Waals surface area contributed by atoms with Crippen molar-refractivity contribution in [1.29, 1.82) is 0 Å². The van der Waals surface area contributed by atoms with Gasteiger partial charge in [-0.25, -0.2) is 19.4 Å². The van der Waals surface area contributed by atoms with Gasteiger partial charge in [-0.15, -0.1) is 11.8 Å². The Morgan fingerprint density at radius 2 is 1.72 bits per heavy atom. The Morgan fingerprint density at radius 1 is 0.980 bits per heavy atom. The summed E-state index contributed by atoms with van der Waals surface area (Å²) in [5, 5.41) is 0. The van der Waals surface area contributed by atoms with Crippen LogP contribution in [0, 0.1) is 0 Å². The molecule has 11 heteroatoms. The average molecular weight is 701 g/mol. The molecule has 0 aliphatic carbocycles. The summed E-state index contributed by atoms with van der Waals surface area (Å²) in [6.45, 7) is 10.8. The fraction of sp³-hybridized carbons (Fsp3) is 0.436. The standard InChI is InChI=1S/C39H48N4O6S/c1-7-9-15-35-40-31-21-20-29(41(22-10-8-2)37(45)43-26-50-25-33(43)36(44)47-6)23-32(31)42(35)24-27-16-18-28(19-17-27)30-13-11-12-14-34(30)48-38(46)49-39(3,4)5/h11-14,16-21,23,33H,7-10,15,22,24-26H2,1-6H3. The number of hydrogen-bond acceptors (Lipinski definition) is 8. The normalized spacial score (nSPS) is 14.5. The van der Waals surface area contributed by atoms with E-state index in [2.05, 4.69) is 36.6 Å². The molecule has 50 heavy (non-hydrogen) atoms. The number of amides is 2. The summed E-state index contributed by atoms with van der Waals surface area (Å²) >= 11 is 1.56. The Hall–Kier alpha value is -4.51. The van der Waals surface area contributed by atoms with E-state index in [0.29, 0.717) is 30.5 Å². The number of ether oxygens (including phenoxy) is 3. The molecule has 1 aliphatic heterocycles. The maximum atomic E-state index is 14.0. The minimum absolute atomic E-state index is 0.193. The number of thioether (sulfide) groups is 1. The van der Waals surface area contributed by atoms with Crippen molar-refractivity contribution in [2.75, 3.05) is 30.2 Å². The molecule has 2 heterocycles. The number of para-hydroxylation sites is 1. The molecule has 0 radical (unpaired) electrons. The summed E-state index contributed by atoms with van der Waals surface area (Å²) in [7, 11) is 1.36. The molecule has 1 saturated heterocycles. The number of fused-ring (bicyclic) bond motifs is 1. The van der Waals surface area contributed by atoms with Crippen molar-refractivity contribution in [3.8, 4) is 16.9 Å². The third-order valence-corrected chi connectivity index (χ3v) is 9.53. The van der Waals surface area contributed by atoms with Gasteiger partial charge in [0.15, 0.2) is 0 Å². The summed E-state index contributed by atoms with van der Waals surface area (Å²) in [5.74, 6) is 1.99. The molecular weight excluding hydrogens is 653 g/mol. The molecule has 1 aliphatic rings. The summed E-state index contributed by atoms with van der Waals surface area (Å²) in [5.41, 5.74) is 4.71. The van der Waals surface area contributed by atoms with Crippen molar-refractivity contribution in [3.05, 3.63) is 78.1 Å². The van der Waals surface area contributed by atoms with E-state index in [4.69, 9.17) is 19.2 Å². The van der Waals surface area contributed by atoms with Crippen LogP contribution < -0.4 is 9.64 Å². The number of anilines is 1. The van der Waals surface area contributed by atoms with Crippen LogP contribution in [-0.2, 0) is 27.2 Å². The van der Waals surface area contributed by atoms with Crippen molar-refractivity contribution in [3.63, 3.8) is 0 Å². The van der Waals surface area contributed by atoms with E-state index in [0.717, 1.165) is 71.3 Å². The first kappa shape index (κ1) is 36.8. The van der Waals surface area contributed by atoms with Gasteiger partial charge in [0.05, 0.1) is 24.0 Å². The number of imidazole rings is 1. The van der Waals surface area contributed by atoms with Gasteiger partial charge in [-0.1, -0.05) is 69.2 Å². The van der Waals surface area contributed by atoms with Crippen LogP contribution >= 0.6 is 11.8 Å². The first-order valence-corrected chi connectivity index (χ1v) is 18.5. The maximum absolute atomic E-state index is 14.0. The number of carbonyl (C=O) groups is 3. The van der Waals surface area contributed by atoms with Crippen LogP contribution in [0.4, 0.5) is 15.3 Å². The van der Waals surface area contributed by atoms with Crippen molar-refractivity contribution in [2.24, 2.45) is 0 Å². The molecule has 0 spiro atoms. The van der Waals surface area contributed by atoms with Crippen molar-refractivity contribution < 1.29 is 28.6 Å². The van der Waals surface area contributed by atoms with Crippen LogP contribution in [0.25, 0.3) is 22.2 Å². The zero-order valence-electron chi connectivity index (χ0n) is 29.9. The Labute approximate surface area is 299 Å². The molecular formula is C39H48N4O6S. The van der Waals surface area contributed by atoms with Gasteiger partial charge in [0, 0.05) is 36.5 Å². The summed E-state index contributed by atoms with van der Waals surface area (Å²) in [6, 6.07) is 20.8. The Morgan fingerprint density at radius 3 is 2.42 bits per heavy atom. The summed E-state index contributed by atoms with van der Waals surface area (Å²) in [4.78, 5) is 47.4. The zero-order valence-corrected chi connectivity index (χ0v) is 30.8. The number of urea groups is 1. The lowest BCUT2D eigenvalue weighted by Gasteiger charge is -2.30. The van der Waals surface area contributed by atoms with Crippen LogP contribution in [0.5, 0.6) is 5.75 Å².